The lowest BCUT2D eigenvalue weighted by molar-refractivity contribution is -0.0399. The molecule has 0 atom stereocenters. The zero-order chi connectivity index (χ0) is 37.2. The van der Waals surface area contributed by atoms with Crippen molar-refractivity contribution in [3.05, 3.63) is 175 Å². The minimum Gasteiger partial charge on any atom is -0.293 e. The first kappa shape index (κ1) is 31.8. The molecule has 5 aliphatic rings. The third kappa shape index (κ3) is 4.49. The second-order valence-electron chi connectivity index (χ2n) is 17.4. The molecule has 2 aromatic heterocycles. The van der Waals surface area contributed by atoms with Gasteiger partial charge in [0.15, 0.2) is 5.82 Å². The van der Waals surface area contributed by atoms with Crippen molar-refractivity contribution in [1.82, 2.24) is 14.5 Å². The maximum Gasteiger partial charge on any atom is 0.162 e. The third-order valence-corrected chi connectivity index (χ3v) is 14.6. The summed E-state index contributed by atoms with van der Waals surface area (Å²) in [6.45, 7) is 0. The van der Waals surface area contributed by atoms with Crippen molar-refractivity contribution in [3.63, 3.8) is 0 Å². The van der Waals surface area contributed by atoms with E-state index in [2.05, 4.69) is 168 Å². The van der Waals surface area contributed by atoms with Crippen LogP contribution in [-0.4, -0.2) is 14.5 Å². The highest BCUT2D eigenvalue weighted by molar-refractivity contribution is 6.19. The zero-order valence-electron chi connectivity index (χ0n) is 31.8. The molecule has 0 amide bonds. The Kier molecular flexibility index (Phi) is 6.62. The molecule has 9 aromatic rings. The van der Waals surface area contributed by atoms with Crippen molar-refractivity contribution in [1.29, 1.82) is 0 Å². The van der Waals surface area contributed by atoms with E-state index >= 15 is 0 Å². The third-order valence-electron chi connectivity index (χ3n) is 14.6. The van der Waals surface area contributed by atoms with Gasteiger partial charge in [0, 0.05) is 38.8 Å². The van der Waals surface area contributed by atoms with Crippen LogP contribution in [0.3, 0.4) is 0 Å². The molecule has 0 radical (unpaired) electrons. The van der Waals surface area contributed by atoms with Crippen molar-refractivity contribution >= 4 is 32.6 Å². The molecule has 3 heteroatoms. The molecule has 0 N–H and O–H groups in total. The first-order chi connectivity index (χ1) is 28.2. The van der Waals surface area contributed by atoms with Crippen LogP contribution >= 0.6 is 0 Å². The summed E-state index contributed by atoms with van der Waals surface area (Å²) in [5.74, 6) is 4.81. The van der Waals surface area contributed by atoms with Gasteiger partial charge in [0.05, 0.1) is 16.7 Å². The molecule has 7 aromatic carbocycles. The van der Waals surface area contributed by atoms with E-state index in [1.54, 1.807) is 11.1 Å². The Balaban J connectivity index is 1.12. The fourth-order valence-corrected chi connectivity index (χ4v) is 12.6. The predicted octanol–water partition coefficient (Wildman–Crippen LogP) is 13.5. The molecule has 0 aliphatic heterocycles. The fraction of sp³-hybridized carbons (Fsp3) is 0.185. The molecular formula is C54H41N3. The van der Waals surface area contributed by atoms with Crippen molar-refractivity contribution in [2.75, 3.05) is 0 Å². The molecule has 2 heterocycles. The zero-order valence-corrected chi connectivity index (χ0v) is 31.8. The van der Waals surface area contributed by atoms with Gasteiger partial charge in [-0.05, 0) is 113 Å². The van der Waals surface area contributed by atoms with Gasteiger partial charge in [0.2, 0.25) is 0 Å². The Labute approximate surface area is 332 Å². The van der Waals surface area contributed by atoms with Crippen molar-refractivity contribution in [3.8, 4) is 50.7 Å². The number of hydrogen-bond donors (Lipinski definition) is 0. The summed E-state index contributed by atoms with van der Waals surface area (Å²) in [6.07, 6.45) is 6.91. The lowest BCUT2D eigenvalue weighted by Crippen LogP contribution is -2.55. The van der Waals surface area contributed by atoms with Crippen LogP contribution in [0.1, 0.15) is 43.2 Å². The van der Waals surface area contributed by atoms with Crippen LogP contribution in [0, 0.1) is 23.7 Å². The van der Waals surface area contributed by atoms with E-state index in [1.807, 2.05) is 0 Å². The summed E-state index contributed by atoms with van der Waals surface area (Å²) in [5.41, 5.74) is 13.9. The Bertz CT molecular complexity index is 3060. The van der Waals surface area contributed by atoms with E-state index < -0.39 is 0 Å². The molecular weight excluding hydrogens is 691 g/mol. The second kappa shape index (κ2) is 11.8. The molecule has 57 heavy (non-hydrogen) atoms. The summed E-state index contributed by atoms with van der Waals surface area (Å²) < 4.78 is 2.50. The molecule has 5 aliphatic carbocycles. The number of rotatable bonds is 4. The summed E-state index contributed by atoms with van der Waals surface area (Å²) in [7, 11) is 0. The topological polar surface area (TPSA) is 30.7 Å². The van der Waals surface area contributed by atoms with Gasteiger partial charge < -0.3 is 0 Å². The van der Waals surface area contributed by atoms with Gasteiger partial charge >= 0.3 is 0 Å². The minimum atomic E-state index is 0.0702. The predicted molar refractivity (Wildman–Crippen MR) is 233 cm³/mol. The molecule has 1 spiro atoms. The lowest BCUT2D eigenvalue weighted by atomic mass is 9.43. The maximum atomic E-state index is 5.52. The number of benzene rings is 7. The fourth-order valence-electron chi connectivity index (χ4n) is 12.6. The summed E-state index contributed by atoms with van der Waals surface area (Å²) in [4.78, 5) is 10.8. The number of hydrogen-bond acceptors (Lipinski definition) is 2. The van der Waals surface area contributed by atoms with Crippen LogP contribution in [0.4, 0.5) is 0 Å². The number of fused-ring (bicyclic) bond motifs is 8. The van der Waals surface area contributed by atoms with E-state index in [-0.39, 0.29) is 5.41 Å². The van der Waals surface area contributed by atoms with Crippen LogP contribution in [0.25, 0.3) is 83.3 Å². The Hall–Kier alpha value is -6.32. The summed E-state index contributed by atoms with van der Waals surface area (Å²) in [6, 6.07) is 60.4. The van der Waals surface area contributed by atoms with Gasteiger partial charge in [-0.15, -0.1) is 0 Å². The average molecular weight is 732 g/mol. The highest BCUT2D eigenvalue weighted by atomic mass is 15.1. The highest BCUT2D eigenvalue weighted by Crippen LogP contribution is 2.69. The van der Waals surface area contributed by atoms with Gasteiger partial charge in [-0.2, -0.15) is 0 Å². The standard InChI is InChI=1S/C54H41N3/c1-3-12-35(13-4-1)38-17-11-18-39(29-38)49-32-51(56-53(55-49)37-15-5-2-6-16-37)57-50-31-48-45(30-46(50)44-23-22-36-14-7-8-19-42(36)52(44)57)43-20-9-10-21-47(43)54(48)40-25-33-24-34(27-40)28-41(54)26-33/h1-23,29-34,40-41H,24-28H2. The second-order valence-corrected chi connectivity index (χ2v) is 17.4. The Morgan fingerprint density at radius 3 is 1.95 bits per heavy atom. The lowest BCUT2D eigenvalue weighted by Gasteiger charge is -2.61. The molecule has 3 nitrogen and oxygen atoms in total. The molecule has 4 fully saturated rings. The monoisotopic (exact) mass is 731 g/mol. The number of nitrogens with zero attached hydrogens (tertiary/aromatic N) is 3. The van der Waals surface area contributed by atoms with Crippen LogP contribution in [0.2, 0.25) is 0 Å². The quantitative estimate of drug-likeness (QED) is 0.180. The van der Waals surface area contributed by atoms with Crippen molar-refractivity contribution < 1.29 is 0 Å². The summed E-state index contributed by atoms with van der Waals surface area (Å²) in [5, 5.41) is 5.03. The molecule has 4 bridgehead atoms. The average Bonchev–Trinajstić information content (AvgIpc) is 3.75. The normalized spacial score (nSPS) is 22.8. The Morgan fingerprint density at radius 1 is 0.456 bits per heavy atom. The summed E-state index contributed by atoms with van der Waals surface area (Å²) >= 11 is 0. The SMILES string of the molecule is c1ccc(-c2cccc(-c3cc(-n4c5cc6c(cc5c5ccc7ccccc7c54)-c4ccccc4C64C5CC6CC(C5)CC4C6)nc(-c4ccccc4)n3)c2)cc1. The number of aromatic nitrogens is 3. The Morgan fingerprint density at radius 2 is 1.14 bits per heavy atom. The van der Waals surface area contributed by atoms with Crippen LogP contribution < -0.4 is 0 Å². The van der Waals surface area contributed by atoms with E-state index in [0.29, 0.717) is 11.8 Å². The van der Waals surface area contributed by atoms with Gasteiger partial charge in [-0.3, -0.25) is 4.57 Å². The van der Waals surface area contributed by atoms with Gasteiger partial charge in [0.25, 0.3) is 0 Å². The first-order valence-electron chi connectivity index (χ1n) is 20.9. The van der Waals surface area contributed by atoms with Gasteiger partial charge in [-0.25, -0.2) is 9.97 Å². The minimum absolute atomic E-state index is 0.0702. The van der Waals surface area contributed by atoms with Crippen LogP contribution in [0.15, 0.2) is 164 Å². The van der Waals surface area contributed by atoms with E-state index in [9.17, 15) is 0 Å². The first-order valence-corrected chi connectivity index (χ1v) is 20.9. The molecule has 272 valence electrons. The van der Waals surface area contributed by atoms with E-state index in [0.717, 1.165) is 40.3 Å². The highest BCUT2D eigenvalue weighted by Gasteiger charge is 2.61. The smallest absolute Gasteiger partial charge is 0.162 e. The van der Waals surface area contributed by atoms with Gasteiger partial charge in [-0.1, -0.05) is 140 Å². The van der Waals surface area contributed by atoms with E-state index in [4.69, 9.17) is 9.97 Å². The molecule has 4 saturated carbocycles. The van der Waals surface area contributed by atoms with Gasteiger partial charge in [0.1, 0.15) is 5.82 Å². The molecule has 0 saturated heterocycles. The molecule has 14 rings (SSSR count). The van der Waals surface area contributed by atoms with E-state index in [1.165, 1.54) is 86.9 Å². The van der Waals surface area contributed by atoms with Crippen LogP contribution in [-0.2, 0) is 5.41 Å². The molecule has 0 unspecified atom stereocenters. The maximum absolute atomic E-state index is 5.52. The van der Waals surface area contributed by atoms with Crippen LogP contribution in [0.5, 0.6) is 0 Å². The largest absolute Gasteiger partial charge is 0.293 e. The van der Waals surface area contributed by atoms with Crippen molar-refractivity contribution in [2.45, 2.75) is 37.5 Å². The van der Waals surface area contributed by atoms with Crippen molar-refractivity contribution in [2.24, 2.45) is 23.7 Å².